The van der Waals surface area contributed by atoms with Gasteiger partial charge in [0.1, 0.15) is 23.2 Å². The van der Waals surface area contributed by atoms with Crippen molar-refractivity contribution in [3.05, 3.63) is 94.5 Å². The minimum absolute atomic E-state index is 0.183. The maximum absolute atomic E-state index is 13.6. The first kappa shape index (κ1) is 21.3. The molecule has 0 unspecified atom stereocenters. The Balaban J connectivity index is 1.37. The molecule has 2 aliphatic rings. The third-order valence-corrected chi connectivity index (χ3v) is 6.29. The number of hydrogen-bond acceptors (Lipinski definition) is 4. The number of fused-ring (bicyclic) bond motifs is 1. The number of nitrogens with zero attached hydrogens (tertiary/aromatic N) is 4. The van der Waals surface area contributed by atoms with Gasteiger partial charge in [-0.15, -0.1) is 10.2 Å². The zero-order chi connectivity index (χ0) is 22.6. The van der Waals surface area contributed by atoms with Gasteiger partial charge < -0.3 is 9.30 Å². The van der Waals surface area contributed by atoms with Gasteiger partial charge in [-0.1, -0.05) is 30.4 Å². The molecule has 33 heavy (non-hydrogen) atoms. The molecular weight excluding hydrogens is 415 g/mol. The molecule has 1 aromatic heterocycles. The van der Waals surface area contributed by atoms with Gasteiger partial charge in [0.2, 0.25) is 0 Å². The zero-order valence-corrected chi connectivity index (χ0v) is 18.8. The van der Waals surface area contributed by atoms with E-state index in [-0.39, 0.29) is 5.82 Å². The Morgan fingerprint density at radius 1 is 1.00 bits per heavy atom. The number of aromatic nitrogens is 3. The lowest BCUT2D eigenvalue weighted by atomic mass is 10.0. The molecule has 6 heteroatoms. The summed E-state index contributed by atoms with van der Waals surface area (Å²) >= 11 is 0. The maximum atomic E-state index is 13.6. The Labute approximate surface area is 193 Å². The third kappa shape index (κ3) is 4.80. The van der Waals surface area contributed by atoms with Crippen LogP contribution in [0.1, 0.15) is 47.6 Å². The van der Waals surface area contributed by atoms with E-state index in [0.717, 1.165) is 66.5 Å². The Morgan fingerprint density at radius 3 is 2.58 bits per heavy atom. The van der Waals surface area contributed by atoms with Crippen molar-refractivity contribution in [2.24, 2.45) is 4.99 Å². The van der Waals surface area contributed by atoms with E-state index in [1.54, 1.807) is 13.2 Å². The average molecular weight is 443 g/mol. The summed E-state index contributed by atoms with van der Waals surface area (Å²) < 4.78 is 21.2. The van der Waals surface area contributed by atoms with Crippen molar-refractivity contribution < 1.29 is 9.13 Å². The van der Waals surface area contributed by atoms with Crippen LogP contribution in [0.3, 0.4) is 0 Å². The van der Waals surface area contributed by atoms with E-state index in [0.29, 0.717) is 12.8 Å². The topological polar surface area (TPSA) is 52.3 Å². The first-order chi connectivity index (χ1) is 16.2. The normalized spacial score (nSPS) is 14.4. The van der Waals surface area contributed by atoms with Crippen LogP contribution in [0.25, 0.3) is 5.57 Å². The molecule has 0 bridgehead atoms. The highest BCUT2D eigenvalue weighted by atomic mass is 19.1. The smallest absolute Gasteiger partial charge is 0.137 e. The summed E-state index contributed by atoms with van der Waals surface area (Å²) in [6.07, 6.45) is 11.3. The van der Waals surface area contributed by atoms with E-state index in [2.05, 4.69) is 44.0 Å². The van der Waals surface area contributed by atoms with Crippen molar-refractivity contribution in [2.75, 3.05) is 7.11 Å². The predicted molar refractivity (Wildman–Crippen MR) is 128 cm³/mol. The van der Waals surface area contributed by atoms with E-state index < -0.39 is 0 Å². The highest BCUT2D eigenvalue weighted by molar-refractivity contribution is 5.74. The molecule has 2 heterocycles. The minimum atomic E-state index is -0.183. The van der Waals surface area contributed by atoms with E-state index in [1.165, 1.54) is 17.2 Å². The Kier molecular flexibility index (Phi) is 6.15. The maximum Gasteiger partial charge on any atom is 0.137 e. The van der Waals surface area contributed by atoms with Crippen LogP contribution in [0.4, 0.5) is 4.39 Å². The Hall–Kier alpha value is -3.54. The van der Waals surface area contributed by atoms with E-state index in [9.17, 15) is 4.39 Å². The highest BCUT2D eigenvalue weighted by Gasteiger charge is 2.19. The van der Waals surface area contributed by atoms with Gasteiger partial charge in [0, 0.05) is 37.7 Å². The van der Waals surface area contributed by atoms with Gasteiger partial charge in [-0.2, -0.15) is 0 Å². The van der Waals surface area contributed by atoms with Crippen molar-refractivity contribution in [2.45, 2.75) is 45.1 Å². The Bertz CT molecular complexity index is 1240. The molecule has 0 spiro atoms. The summed E-state index contributed by atoms with van der Waals surface area (Å²) in [5, 5.41) is 9.15. The molecule has 0 N–H and O–H groups in total. The van der Waals surface area contributed by atoms with Crippen LogP contribution in [0.15, 0.2) is 65.3 Å². The van der Waals surface area contributed by atoms with Gasteiger partial charge in [0.15, 0.2) is 0 Å². The van der Waals surface area contributed by atoms with Crippen LogP contribution >= 0.6 is 0 Å². The van der Waals surface area contributed by atoms with Crippen molar-refractivity contribution in [3.63, 3.8) is 0 Å². The molecule has 1 aliphatic heterocycles. The molecule has 5 nitrogen and oxygen atoms in total. The number of halogens is 1. The first-order valence-corrected chi connectivity index (χ1v) is 11.4. The number of methoxy groups -OCH3 is 1. The van der Waals surface area contributed by atoms with Gasteiger partial charge in [-0.25, -0.2) is 4.39 Å². The number of rotatable bonds is 9. The molecule has 0 fully saturated rings. The predicted octanol–water partition coefficient (Wildman–Crippen LogP) is 5.34. The monoisotopic (exact) mass is 442 g/mol. The minimum Gasteiger partial charge on any atom is -0.497 e. The van der Waals surface area contributed by atoms with Crippen molar-refractivity contribution in [1.29, 1.82) is 0 Å². The molecule has 0 radical (unpaired) electrons. The van der Waals surface area contributed by atoms with Gasteiger partial charge in [-0.05, 0) is 65.8 Å². The molecule has 0 amide bonds. The summed E-state index contributed by atoms with van der Waals surface area (Å²) in [5.41, 5.74) is 5.68. The molecule has 0 saturated carbocycles. The number of benzene rings is 2. The van der Waals surface area contributed by atoms with E-state index in [1.807, 2.05) is 24.4 Å². The highest BCUT2D eigenvalue weighted by Crippen LogP contribution is 2.30. The lowest BCUT2D eigenvalue weighted by Gasteiger charge is -2.12. The molecule has 1 aliphatic carbocycles. The second-order valence-electron chi connectivity index (χ2n) is 8.47. The van der Waals surface area contributed by atoms with Crippen LogP contribution < -0.4 is 4.74 Å². The van der Waals surface area contributed by atoms with Gasteiger partial charge >= 0.3 is 0 Å². The van der Waals surface area contributed by atoms with Crippen LogP contribution in [0.2, 0.25) is 0 Å². The fourth-order valence-electron chi connectivity index (χ4n) is 4.54. The lowest BCUT2D eigenvalue weighted by molar-refractivity contribution is 0.414. The van der Waals surface area contributed by atoms with Crippen LogP contribution in [0.5, 0.6) is 5.75 Å². The second kappa shape index (κ2) is 9.53. The number of hydrogen-bond donors (Lipinski definition) is 0. The average Bonchev–Trinajstić information content (AvgIpc) is 3.57. The molecule has 0 saturated heterocycles. The van der Waals surface area contributed by atoms with Crippen molar-refractivity contribution >= 4 is 11.8 Å². The van der Waals surface area contributed by atoms with Gasteiger partial charge in [-0.3, -0.25) is 4.99 Å². The summed E-state index contributed by atoms with van der Waals surface area (Å²) in [7, 11) is 1.67. The van der Waals surface area contributed by atoms with Crippen LogP contribution in [-0.2, 0) is 25.8 Å². The molecule has 3 aromatic rings. The van der Waals surface area contributed by atoms with Gasteiger partial charge in [0.05, 0.1) is 7.11 Å². The van der Waals surface area contributed by atoms with Gasteiger partial charge in [0.25, 0.3) is 0 Å². The van der Waals surface area contributed by atoms with E-state index >= 15 is 0 Å². The number of aliphatic imine (C=N–C) groups is 1. The lowest BCUT2D eigenvalue weighted by Crippen LogP contribution is -2.10. The number of allylic oxidation sites excluding steroid dienone is 4. The van der Waals surface area contributed by atoms with Crippen LogP contribution in [0, 0.1) is 5.82 Å². The van der Waals surface area contributed by atoms with Crippen LogP contribution in [-0.4, -0.2) is 28.1 Å². The fourth-order valence-corrected chi connectivity index (χ4v) is 4.54. The molecular formula is C27H27FN4O. The third-order valence-electron chi connectivity index (χ3n) is 6.29. The standard InChI is InChI=1S/C27H27FN4O/c1-33-24-11-6-19(7-12-24)16-26-30-31-27(32(26)15-3-5-23-4-2-14-29-23)18-21-9-8-20-17-22(28)10-13-25(20)21/h4,6-7,9-14,17H,2-3,5,8,15-16,18H2,1H3. The summed E-state index contributed by atoms with van der Waals surface area (Å²) in [5.74, 6) is 2.56. The summed E-state index contributed by atoms with van der Waals surface area (Å²) in [6.45, 7) is 0.838. The summed E-state index contributed by atoms with van der Waals surface area (Å²) in [4.78, 5) is 4.44. The molecule has 2 aromatic carbocycles. The second-order valence-corrected chi connectivity index (χ2v) is 8.47. The molecule has 5 rings (SSSR count). The van der Waals surface area contributed by atoms with Crippen molar-refractivity contribution in [3.8, 4) is 5.75 Å². The summed E-state index contributed by atoms with van der Waals surface area (Å²) in [6, 6.07) is 13.1. The Morgan fingerprint density at radius 2 is 1.82 bits per heavy atom. The first-order valence-electron chi connectivity index (χ1n) is 11.4. The van der Waals surface area contributed by atoms with E-state index in [4.69, 9.17) is 4.74 Å². The molecule has 0 atom stereocenters. The molecule has 168 valence electrons. The fraction of sp³-hybridized carbons (Fsp3) is 0.296. The quantitative estimate of drug-likeness (QED) is 0.450. The zero-order valence-electron chi connectivity index (χ0n) is 18.8. The largest absolute Gasteiger partial charge is 0.497 e. The SMILES string of the molecule is COc1ccc(Cc2nnc(CC3=CCc4cc(F)ccc43)n2CCCC2=CCC=N2)cc1. The number of ether oxygens (including phenoxy) is 1. The van der Waals surface area contributed by atoms with Crippen molar-refractivity contribution in [1.82, 2.24) is 14.8 Å².